The monoisotopic (exact) mass is 365 g/mol. The van der Waals surface area contributed by atoms with Crippen LogP contribution in [0.3, 0.4) is 0 Å². The summed E-state index contributed by atoms with van der Waals surface area (Å²) >= 11 is 1.27. The minimum atomic E-state index is -0.481. The van der Waals surface area contributed by atoms with Crippen LogP contribution in [0, 0.1) is 0 Å². The maximum Gasteiger partial charge on any atom is 0.240 e. The van der Waals surface area contributed by atoms with Crippen LogP contribution in [-0.4, -0.2) is 49.1 Å². The maximum atomic E-state index is 12.3. The predicted molar refractivity (Wildman–Crippen MR) is 99.2 cm³/mol. The van der Waals surface area contributed by atoms with Crippen molar-refractivity contribution in [2.45, 2.75) is 25.0 Å². The number of nitrogens with zero attached hydrogens (tertiary/aromatic N) is 1. The fraction of sp³-hybridized carbons (Fsp3) is 0.471. The fourth-order valence-corrected chi connectivity index (χ4v) is 3.13. The summed E-state index contributed by atoms with van der Waals surface area (Å²) in [6.07, 6.45) is 0.953. The molecule has 7 nitrogen and oxygen atoms in total. The highest BCUT2D eigenvalue weighted by Gasteiger charge is 2.32. The molecule has 1 atom stereocenters. The quantitative estimate of drug-likeness (QED) is 0.654. The van der Waals surface area contributed by atoms with Crippen LogP contribution >= 0.6 is 11.8 Å². The van der Waals surface area contributed by atoms with Crippen LogP contribution in [0.5, 0.6) is 5.75 Å². The largest absolute Gasteiger partial charge is 0.491 e. The van der Waals surface area contributed by atoms with Crippen molar-refractivity contribution in [2.75, 3.05) is 32.2 Å². The molecule has 1 aliphatic heterocycles. The molecule has 8 heteroatoms. The summed E-state index contributed by atoms with van der Waals surface area (Å²) in [6, 6.07) is 7.26. The number of aliphatic imine (C=N–C) groups is 1. The molecule has 2 rings (SSSR count). The van der Waals surface area contributed by atoms with E-state index in [0.29, 0.717) is 36.4 Å². The third-order valence-corrected chi connectivity index (χ3v) is 4.44. The SMILES string of the molecule is CCCOc1ccccc1NC(=O)C[C@@H]1SC(=NCCOC)NC1=O. The van der Waals surface area contributed by atoms with Gasteiger partial charge in [0.15, 0.2) is 5.17 Å². The number of thioether (sulfide) groups is 1. The highest BCUT2D eigenvalue weighted by molar-refractivity contribution is 8.15. The van der Waals surface area contributed by atoms with Gasteiger partial charge in [0.25, 0.3) is 0 Å². The van der Waals surface area contributed by atoms with Gasteiger partial charge in [-0.3, -0.25) is 14.6 Å². The second-order valence-corrected chi connectivity index (χ2v) is 6.56. The van der Waals surface area contributed by atoms with Crippen molar-refractivity contribution in [3.05, 3.63) is 24.3 Å². The zero-order valence-corrected chi connectivity index (χ0v) is 15.2. The first-order chi connectivity index (χ1) is 12.1. The van der Waals surface area contributed by atoms with E-state index in [0.717, 1.165) is 6.42 Å². The Balaban J connectivity index is 1.90. The van der Waals surface area contributed by atoms with Gasteiger partial charge in [-0.25, -0.2) is 0 Å². The van der Waals surface area contributed by atoms with E-state index in [1.54, 1.807) is 13.2 Å². The van der Waals surface area contributed by atoms with Gasteiger partial charge in [0.05, 0.1) is 25.4 Å². The first kappa shape index (κ1) is 19.3. The molecule has 2 amide bonds. The van der Waals surface area contributed by atoms with Crippen molar-refractivity contribution in [1.82, 2.24) is 5.32 Å². The molecule has 1 aliphatic rings. The smallest absolute Gasteiger partial charge is 0.240 e. The minimum absolute atomic E-state index is 0.0713. The minimum Gasteiger partial charge on any atom is -0.491 e. The highest BCUT2D eigenvalue weighted by atomic mass is 32.2. The van der Waals surface area contributed by atoms with Gasteiger partial charge >= 0.3 is 0 Å². The van der Waals surface area contributed by atoms with Crippen molar-refractivity contribution >= 4 is 34.4 Å². The topological polar surface area (TPSA) is 89.0 Å². The Kier molecular flexibility index (Phi) is 7.75. The number of ether oxygens (including phenoxy) is 2. The number of hydrogen-bond donors (Lipinski definition) is 2. The van der Waals surface area contributed by atoms with Crippen LogP contribution in [0.1, 0.15) is 19.8 Å². The van der Waals surface area contributed by atoms with Gasteiger partial charge in [0.1, 0.15) is 11.0 Å². The number of anilines is 1. The fourth-order valence-electron chi connectivity index (χ4n) is 2.13. The number of benzene rings is 1. The normalized spacial score (nSPS) is 18.2. The van der Waals surface area contributed by atoms with E-state index in [1.807, 2.05) is 25.1 Å². The van der Waals surface area contributed by atoms with E-state index >= 15 is 0 Å². The summed E-state index contributed by atoms with van der Waals surface area (Å²) in [5.41, 5.74) is 0.610. The maximum absolute atomic E-state index is 12.3. The number of methoxy groups -OCH3 is 1. The van der Waals surface area contributed by atoms with E-state index in [4.69, 9.17) is 9.47 Å². The third-order valence-electron chi connectivity index (χ3n) is 3.32. The Labute approximate surface area is 151 Å². The van der Waals surface area contributed by atoms with E-state index in [1.165, 1.54) is 11.8 Å². The van der Waals surface area contributed by atoms with Gasteiger partial charge in [0, 0.05) is 13.5 Å². The van der Waals surface area contributed by atoms with E-state index in [-0.39, 0.29) is 18.2 Å². The number of carbonyl (C=O) groups excluding carboxylic acids is 2. The highest BCUT2D eigenvalue weighted by Crippen LogP contribution is 2.26. The summed E-state index contributed by atoms with van der Waals surface area (Å²) < 4.78 is 10.5. The van der Waals surface area contributed by atoms with Crippen LogP contribution < -0.4 is 15.4 Å². The molecule has 0 bridgehead atoms. The van der Waals surface area contributed by atoms with Crippen molar-refractivity contribution in [1.29, 1.82) is 0 Å². The number of nitrogens with one attached hydrogen (secondary N) is 2. The first-order valence-electron chi connectivity index (χ1n) is 8.16. The average molecular weight is 365 g/mol. The first-order valence-corrected chi connectivity index (χ1v) is 9.04. The van der Waals surface area contributed by atoms with Crippen LogP contribution in [0.25, 0.3) is 0 Å². The molecule has 25 heavy (non-hydrogen) atoms. The van der Waals surface area contributed by atoms with Crippen LogP contribution in [0.15, 0.2) is 29.3 Å². The molecule has 0 radical (unpaired) electrons. The average Bonchev–Trinajstić information content (AvgIpc) is 2.94. The molecule has 0 saturated carbocycles. The molecule has 2 N–H and O–H groups in total. The molecule has 1 heterocycles. The van der Waals surface area contributed by atoms with E-state index in [2.05, 4.69) is 15.6 Å². The van der Waals surface area contributed by atoms with Crippen molar-refractivity contribution < 1.29 is 19.1 Å². The molecule has 0 aliphatic carbocycles. The van der Waals surface area contributed by atoms with Crippen LogP contribution in [0.4, 0.5) is 5.69 Å². The Morgan fingerprint density at radius 1 is 1.36 bits per heavy atom. The Morgan fingerprint density at radius 3 is 2.92 bits per heavy atom. The summed E-state index contributed by atoms with van der Waals surface area (Å²) in [6.45, 7) is 3.55. The molecular weight excluding hydrogens is 342 g/mol. The lowest BCUT2D eigenvalue weighted by Gasteiger charge is -2.12. The number of rotatable bonds is 9. The number of amidine groups is 1. The summed E-state index contributed by atoms with van der Waals surface area (Å²) in [5, 5.41) is 5.55. The molecule has 1 fully saturated rings. The Bertz CT molecular complexity index is 636. The zero-order valence-electron chi connectivity index (χ0n) is 14.4. The van der Waals surface area contributed by atoms with Gasteiger partial charge in [-0.15, -0.1) is 0 Å². The van der Waals surface area contributed by atoms with Gasteiger partial charge in [-0.05, 0) is 18.6 Å². The number of amides is 2. The molecule has 1 aromatic carbocycles. The summed E-state index contributed by atoms with van der Waals surface area (Å²) in [7, 11) is 1.59. The van der Waals surface area contributed by atoms with Gasteiger partial charge < -0.3 is 20.1 Å². The number of para-hydroxylation sites is 2. The molecule has 0 unspecified atom stereocenters. The van der Waals surface area contributed by atoms with E-state index < -0.39 is 5.25 Å². The standard InChI is InChI=1S/C17H23N3O4S/c1-3-9-24-13-7-5-4-6-12(13)19-15(21)11-14-16(22)20-17(25-14)18-8-10-23-2/h4-7,14H,3,8-11H2,1-2H3,(H,19,21)(H,18,20,22)/t14-/m0/s1. The van der Waals surface area contributed by atoms with Gasteiger partial charge in [-0.1, -0.05) is 30.8 Å². The molecule has 1 saturated heterocycles. The zero-order chi connectivity index (χ0) is 18.1. The number of carbonyl (C=O) groups is 2. The molecule has 1 aromatic rings. The van der Waals surface area contributed by atoms with Gasteiger partial charge in [0.2, 0.25) is 11.8 Å². The van der Waals surface area contributed by atoms with E-state index in [9.17, 15) is 9.59 Å². The Hall–Kier alpha value is -2.06. The van der Waals surface area contributed by atoms with Crippen LogP contribution in [-0.2, 0) is 14.3 Å². The van der Waals surface area contributed by atoms with Gasteiger partial charge in [-0.2, -0.15) is 0 Å². The van der Waals surface area contributed by atoms with Crippen molar-refractivity contribution in [3.63, 3.8) is 0 Å². The number of hydrogen-bond acceptors (Lipinski definition) is 6. The summed E-state index contributed by atoms with van der Waals surface area (Å²) in [5.74, 6) is 0.188. The second kappa shape index (κ2) is 10.0. The van der Waals surface area contributed by atoms with Crippen LogP contribution in [0.2, 0.25) is 0 Å². The van der Waals surface area contributed by atoms with Crippen molar-refractivity contribution in [3.8, 4) is 5.75 Å². The summed E-state index contributed by atoms with van der Waals surface area (Å²) in [4.78, 5) is 28.5. The lowest BCUT2D eigenvalue weighted by atomic mass is 10.2. The lowest BCUT2D eigenvalue weighted by molar-refractivity contribution is -0.122. The Morgan fingerprint density at radius 2 is 2.16 bits per heavy atom. The molecular formula is C17H23N3O4S. The molecule has 136 valence electrons. The third kappa shape index (κ3) is 6.06. The molecule has 0 aromatic heterocycles. The van der Waals surface area contributed by atoms with Crippen molar-refractivity contribution in [2.24, 2.45) is 4.99 Å². The lowest BCUT2D eigenvalue weighted by Crippen LogP contribution is -2.28. The molecule has 0 spiro atoms. The second-order valence-electron chi connectivity index (χ2n) is 5.37. The predicted octanol–water partition coefficient (Wildman–Crippen LogP) is 2.04.